The third-order valence-corrected chi connectivity index (χ3v) is 2.29. The highest BCUT2D eigenvalue weighted by Gasteiger charge is 2.06. The number of halogens is 1. The van der Waals surface area contributed by atoms with Crippen molar-refractivity contribution in [2.24, 2.45) is 5.10 Å². The van der Waals surface area contributed by atoms with Crippen molar-refractivity contribution in [1.29, 1.82) is 0 Å². The summed E-state index contributed by atoms with van der Waals surface area (Å²) in [6.45, 7) is 0. The molecule has 0 bridgehead atoms. The van der Waals surface area contributed by atoms with Crippen LogP contribution < -0.4 is 10.2 Å². The van der Waals surface area contributed by atoms with Crippen LogP contribution in [0.3, 0.4) is 0 Å². The molecule has 2 rings (SSSR count). The van der Waals surface area contributed by atoms with Crippen LogP contribution in [-0.4, -0.2) is 12.1 Å². The van der Waals surface area contributed by atoms with E-state index < -0.39 is 5.91 Å². The Hall–Kier alpha value is -2.76. The molecule has 0 aliphatic carbocycles. The molecule has 0 saturated heterocycles. The summed E-state index contributed by atoms with van der Waals surface area (Å²) in [5.41, 5.74) is 3.12. The standard InChI is InChI=1S/C13H10FN3O2/c14-12-5-3-10(4-6-12)8-15-16-13(18)11-2-1-7-17(19)9-11/h1-9H,(H,16,18). The van der Waals surface area contributed by atoms with Gasteiger partial charge in [-0.25, -0.2) is 9.82 Å². The van der Waals surface area contributed by atoms with Gasteiger partial charge in [0, 0.05) is 6.07 Å². The van der Waals surface area contributed by atoms with Crippen molar-refractivity contribution in [2.75, 3.05) is 0 Å². The van der Waals surface area contributed by atoms with Gasteiger partial charge in [0.15, 0.2) is 12.4 Å². The summed E-state index contributed by atoms with van der Waals surface area (Å²) in [5.74, 6) is -0.839. The maximum atomic E-state index is 12.7. The van der Waals surface area contributed by atoms with E-state index in [4.69, 9.17) is 0 Å². The van der Waals surface area contributed by atoms with E-state index in [2.05, 4.69) is 10.5 Å². The van der Waals surface area contributed by atoms with Crippen LogP contribution in [0.2, 0.25) is 0 Å². The largest absolute Gasteiger partial charge is 0.619 e. The first-order valence-corrected chi connectivity index (χ1v) is 5.43. The molecule has 1 aromatic heterocycles. The Morgan fingerprint density at radius 3 is 2.74 bits per heavy atom. The number of carbonyl (C=O) groups excluding carboxylic acids is 1. The van der Waals surface area contributed by atoms with Gasteiger partial charge >= 0.3 is 0 Å². The minimum Gasteiger partial charge on any atom is -0.619 e. The first-order chi connectivity index (χ1) is 9.15. The summed E-state index contributed by atoms with van der Waals surface area (Å²) in [6.07, 6.45) is 3.80. The van der Waals surface area contributed by atoms with Crippen LogP contribution in [0.15, 0.2) is 53.9 Å². The van der Waals surface area contributed by atoms with Crippen molar-refractivity contribution in [1.82, 2.24) is 5.43 Å². The van der Waals surface area contributed by atoms with Crippen molar-refractivity contribution < 1.29 is 13.9 Å². The number of aromatic nitrogens is 1. The van der Waals surface area contributed by atoms with E-state index in [1.165, 1.54) is 48.8 Å². The molecular formula is C13H10FN3O2. The lowest BCUT2D eigenvalue weighted by Gasteiger charge is -1.99. The predicted molar refractivity (Wildman–Crippen MR) is 66.9 cm³/mol. The minimum atomic E-state index is -0.497. The highest BCUT2D eigenvalue weighted by Crippen LogP contribution is 1.99. The van der Waals surface area contributed by atoms with Crippen LogP contribution >= 0.6 is 0 Å². The molecule has 6 heteroatoms. The summed E-state index contributed by atoms with van der Waals surface area (Å²) < 4.78 is 13.2. The number of hydrogen-bond donors (Lipinski definition) is 1. The second kappa shape index (κ2) is 5.72. The van der Waals surface area contributed by atoms with Gasteiger partial charge in [0.05, 0.1) is 6.21 Å². The predicted octanol–water partition coefficient (Wildman–Crippen LogP) is 1.22. The molecule has 0 aliphatic heterocycles. The van der Waals surface area contributed by atoms with Crippen molar-refractivity contribution in [3.63, 3.8) is 0 Å². The molecule has 2 aromatic rings. The van der Waals surface area contributed by atoms with Gasteiger partial charge in [-0.15, -0.1) is 0 Å². The van der Waals surface area contributed by atoms with Gasteiger partial charge in [-0.1, -0.05) is 12.1 Å². The Labute approximate surface area is 108 Å². The quantitative estimate of drug-likeness (QED) is 0.390. The lowest BCUT2D eigenvalue weighted by molar-refractivity contribution is -0.605. The molecule has 0 spiro atoms. The van der Waals surface area contributed by atoms with E-state index >= 15 is 0 Å². The molecule has 1 aromatic carbocycles. The molecular weight excluding hydrogens is 249 g/mol. The third-order valence-electron chi connectivity index (χ3n) is 2.29. The molecule has 0 radical (unpaired) electrons. The Kier molecular flexibility index (Phi) is 3.82. The zero-order valence-electron chi connectivity index (χ0n) is 9.79. The zero-order chi connectivity index (χ0) is 13.7. The lowest BCUT2D eigenvalue weighted by atomic mass is 10.2. The number of amides is 1. The van der Waals surface area contributed by atoms with Crippen LogP contribution in [0.1, 0.15) is 15.9 Å². The van der Waals surface area contributed by atoms with Crippen LogP contribution in [0.5, 0.6) is 0 Å². The summed E-state index contributed by atoms with van der Waals surface area (Å²) >= 11 is 0. The van der Waals surface area contributed by atoms with Crippen molar-refractivity contribution in [2.45, 2.75) is 0 Å². The van der Waals surface area contributed by atoms with Gasteiger partial charge in [-0.3, -0.25) is 4.79 Å². The van der Waals surface area contributed by atoms with Gasteiger partial charge < -0.3 is 5.21 Å². The molecule has 0 unspecified atom stereocenters. The fourth-order valence-electron chi connectivity index (χ4n) is 1.37. The number of rotatable bonds is 3. The Morgan fingerprint density at radius 1 is 1.32 bits per heavy atom. The molecule has 1 amide bonds. The normalized spacial score (nSPS) is 10.6. The number of benzene rings is 1. The number of nitrogens with one attached hydrogen (secondary N) is 1. The number of carbonyl (C=O) groups is 1. The molecule has 0 atom stereocenters. The molecule has 1 heterocycles. The second-order valence-electron chi connectivity index (χ2n) is 3.70. The maximum Gasteiger partial charge on any atom is 0.277 e. The Bertz CT molecular complexity index is 612. The Balaban J connectivity index is 1.98. The summed E-state index contributed by atoms with van der Waals surface area (Å²) in [7, 11) is 0. The van der Waals surface area contributed by atoms with E-state index in [1.807, 2.05) is 0 Å². The second-order valence-corrected chi connectivity index (χ2v) is 3.70. The van der Waals surface area contributed by atoms with Crippen LogP contribution in [-0.2, 0) is 0 Å². The van der Waals surface area contributed by atoms with Crippen LogP contribution in [0, 0.1) is 11.0 Å². The topological polar surface area (TPSA) is 68.4 Å². The van der Waals surface area contributed by atoms with Gasteiger partial charge in [0.2, 0.25) is 0 Å². The van der Waals surface area contributed by atoms with Crippen molar-refractivity contribution in [3.05, 3.63) is 70.9 Å². The highest BCUT2D eigenvalue weighted by molar-refractivity contribution is 5.94. The zero-order valence-corrected chi connectivity index (χ0v) is 9.79. The van der Waals surface area contributed by atoms with Gasteiger partial charge in [-0.2, -0.15) is 9.83 Å². The Morgan fingerprint density at radius 2 is 2.05 bits per heavy atom. The summed E-state index contributed by atoms with van der Waals surface area (Å²) in [4.78, 5) is 11.6. The van der Waals surface area contributed by atoms with Gasteiger partial charge in [0.1, 0.15) is 11.4 Å². The van der Waals surface area contributed by atoms with Crippen LogP contribution in [0.4, 0.5) is 4.39 Å². The highest BCUT2D eigenvalue weighted by atomic mass is 19.1. The number of hydrazone groups is 1. The SMILES string of the molecule is O=C(NN=Cc1ccc(F)cc1)c1ccc[n+]([O-])c1. The fraction of sp³-hybridized carbons (Fsp3) is 0. The molecule has 96 valence electrons. The van der Waals surface area contributed by atoms with Crippen LogP contribution in [0.25, 0.3) is 0 Å². The van der Waals surface area contributed by atoms with E-state index in [1.54, 1.807) is 0 Å². The molecule has 5 nitrogen and oxygen atoms in total. The molecule has 0 fully saturated rings. The average molecular weight is 259 g/mol. The monoisotopic (exact) mass is 259 g/mol. The van der Waals surface area contributed by atoms with E-state index in [0.29, 0.717) is 10.3 Å². The van der Waals surface area contributed by atoms with E-state index in [-0.39, 0.29) is 11.4 Å². The van der Waals surface area contributed by atoms with E-state index in [0.717, 1.165) is 6.20 Å². The smallest absolute Gasteiger partial charge is 0.277 e. The van der Waals surface area contributed by atoms with Crippen molar-refractivity contribution >= 4 is 12.1 Å². The molecule has 19 heavy (non-hydrogen) atoms. The van der Waals surface area contributed by atoms with E-state index in [9.17, 15) is 14.4 Å². The summed E-state index contributed by atoms with van der Waals surface area (Å²) in [6, 6.07) is 8.60. The molecule has 0 aliphatic rings. The number of pyridine rings is 1. The first kappa shape index (κ1) is 12.7. The number of nitrogens with zero attached hydrogens (tertiary/aromatic N) is 2. The molecule has 1 N–H and O–H groups in total. The fourth-order valence-corrected chi connectivity index (χ4v) is 1.37. The lowest BCUT2D eigenvalue weighted by Crippen LogP contribution is -2.28. The van der Waals surface area contributed by atoms with Gasteiger partial charge in [0.25, 0.3) is 5.91 Å². The van der Waals surface area contributed by atoms with Gasteiger partial charge in [-0.05, 0) is 23.8 Å². The maximum absolute atomic E-state index is 12.7. The third kappa shape index (κ3) is 3.60. The number of hydrogen-bond acceptors (Lipinski definition) is 3. The minimum absolute atomic E-state index is 0.203. The molecule has 0 saturated carbocycles. The van der Waals surface area contributed by atoms with Crippen molar-refractivity contribution in [3.8, 4) is 0 Å². The first-order valence-electron chi connectivity index (χ1n) is 5.43. The average Bonchev–Trinajstić information content (AvgIpc) is 2.41. The summed E-state index contributed by atoms with van der Waals surface area (Å²) in [5, 5.41) is 14.7.